The molecule has 0 aliphatic rings. The van der Waals surface area contributed by atoms with Crippen molar-refractivity contribution in [3.05, 3.63) is 89.0 Å². The third-order valence-corrected chi connectivity index (χ3v) is 7.28. The molecule has 0 saturated carbocycles. The van der Waals surface area contributed by atoms with E-state index in [9.17, 15) is 13.2 Å². The maximum absolute atomic E-state index is 13.7. The Hall–Kier alpha value is -3.16. The Balaban J connectivity index is 1.97. The fraction of sp³-hybridized carbons (Fsp3) is 0.269. The molecule has 174 valence electrons. The number of sulfonamides is 1. The van der Waals surface area contributed by atoms with Crippen molar-refractivity contribution in [3.8, 4) is 5.75 Å². The van der Waals surface area contributed by atoms with Gasteiger partial charge >= 0.3 is 0 Å². The summed E-state index contributed by atoms with van der Waals surface area (Å²) in [5.74, 6) is -0.156. The molecule has 0 bridgehead atoms. The van der Waals surface area contributed by atoms with Gasteiger partial charge in [0.05, 0.1) is 13.7 Å². The van der Waals surface area contributed by atoms with E-state index >= 15 is 0 Å². The molecule has 0 aliphatic carbocycles. The second-order valence-corrected chi connectivity index (χ2v) is 9.83. The number of hydrogen-bond acceptors (Lipinski definition) is 4. The van der Waals surface area contributed by atoms with Gasteiger partial charge in [-0.25, -0.2) is 8.42 Å². The van der Waals surface area contributed by atoms with Crippen molar-refractivity contribution < 1.29 is 17.9 Å². The number of nitrogens with zero attached hydrogens (tertiary/aromatic N) is 1. The summed E-state index contributed by atoms with van der Waals surface area (Å²) in [4.78, 5) is 13.1. The highest BCUT2D eigenvalue weighted by Crippen LogP contribution is 2.29. The molecular weight excluding hydrogens is 436 g/mol. The molecule has 0 atom stereocenters. The lowest BCUT2D eigenvalue weighted by Crippen LogP contribution is -2.38. The average molecular weight is 467 g/mol. The van der Waals surface area contributed by atoms with Gasteiger partial charge in [-0.3, -0.25) is 4.79 Å². The van der Waals surface area contributed by atoms with Crippen molar-refractivity contribution in [3.63, 3.8) is 0 Å². The van der Waals surface area contributed by atoms with Crippen LogP contribution in [-0.2, 0) is 27.8 Å². The summed E-state index contributed by atoms with van der Waals surface area (Å²) in [6.07, 6.45) is 0.754. The van der Waals surface area contributed by atoms with Crippen LogP contribution in [0.5, 0.6) is 5.75 Å². The first-order chi connectivity index (χ1) is 15.8. The number of methoxy groups -OCH3 is 1. The zero-order valence-corrected chi connectivity index (χ0v) is 20.3. The number of hydrogen-bond donors (Lipinski definition) is 1. The smallest absolute Gasteiger partial charge is 0.247 e. The topological polar surface area (TPSA) is 75.7 Å². The maximum atomic E-state index is 13.7. The minimum atomic E-state index is -4.03. The minimum absolute atomic E-state index is 0.0406. The predicted molar refractivity (Wildman–Crippen MR) is 131 cm³/mol. The molecule has 3 rings (SSSR count). The van der Waals surface area contributed by atoms with Gasteiger partial charge in [0.15, 0.2) is 0 Å². The molecule has 0 saturated heterocycles. The molecular formula is C26H30N2O4S. The molecule has 0 spiro atoms. The standard InChI is InChI=1S/C26H30N2O4S/c1-5-22-13-9-10-20(3)26(22)27-25(29)18-28(17-21-11-7-6-8-12-21)33(30,31)24-16-19(2)14-15-23(24)32-4/h6-16H,5,17-18H2,1-4H3,(H,27,29). The fourth-order valence-corrected chi connectivity index (χ4v) is 5.30. The predicted octanol–water partition coefficient (Wildman–Crippen LogP) is 4.70. The molecule has 33 heavy (non-hydrogen) atoms. The highest BCUT2D eigenvalue weighted by atomic mass is 32.2. The van der Waals surface area contributed by atoms with Crippen LogP contribution in [0.1, 0.15) is 29.2 Å². The summed E-state index contributed by atoms with van der Waals surface area (Å²) in [7, 11) is -2.60. The second-order valence-electron chi connectivity index (χ2n) is 7.92. The monoisotopic (exact) mass is 466 g/mol. The Morgan fingerprint density at radius 1 is 1.00 bits per heavy atom. The summed E-state index contributed by atoms with van der Waals surface area (Å²) in [6.45, 7) is 5.48. The van der Waals surface area contributed by atoms with Gasteiger partial charge in [-0.1, -0.05) is 61.5 Å². The van der Waals surface area contributed by atoms with Crippen LogP contribution >= 0.6 is 0 Å². The molecule has 0 fully saturated rings. The second kappa shape index (κ2) is 10.6. The first-order valence-corrected chi connectivity index (χ1v) is 12.3. The van der Waals surface area contributed by atoms with E-state index < -0.39 is 15.9 Å². The number of amides is 1. The molecule has 3 aromatic rings. The molecule has 0 aromatic heterocycles. The van der Waals surface area contributed by atoms with E-state index in [-0.39, 0.29) is 23.7 Å². The van der Waals surface area contributed by atoms with Crippen LogP contribution in [0.3, 0.4) is 0 Å². The minimum Gasteiger partial charge on any atom is -0.495 e. The largest absolute Gasteiger partial charge is 0.495 e. The third-order valence-electron chi connectivity index (χ3n) is 5.46. The molecule has 0 unspecified atom stereocenters. The Bertz CT molecular complexity index is 1220. The molecule has 1 N–H and O–H groups in total. The molecule has 0 heterocycles. The normalized spacial score (nSPS) is 11.4. The van der Waals surface area contributed by atoms with E-state index in [2.05, 4.69) is 5.32 Å². The van der Waals surface area contributed by atoms with Gasteiger partial charge in [0.1, 0.15) is 10.6 Å². The first-order valence-electron chi connectivity index (χ1n) is 10.8. The average Bonchev–Trinajstić information content (AvgIpc) is 2.80. The molecule has 3 aromatic carbocycles. The number of anilines is 1. The highest BCUT2D eigenvalue weighted by molar-refractivity contribution is 7.89. The lowest BCUT2D eigenvalue weighted by molar-refractivity contribution is -0.116. The van der Waals surface area contributed by atoms with Crippen molar-refractivity contribution in [1.82, 2.24) is 4.31 Å². The number of ether oxygens (including phenoxy) is 1. The van der Waals surface area contributed by atoms with E-state index in [1.54, 1.807) is 18.2 Å². The van der Waals surface area contributed by atoms with E-state index in [1.165, 1.54) is 11.4 Å². The van der Waals surface area contributed by atoms with Crippen LogP contribution < -0.4 is 10.1 Å². The Morgan fingerprint density at radius 3 is 2.39 bits per heavy atom. The summed E-state index contributed by atoms with van der Waals surface area (Å²) in [5.41, 5.74) is 4.23. The number of carbonyl (C=O) groups excluding carboxylic acids is 1. The quantitative estimate of drug-likeness (QED) is 0.496. The summed E-state index contributed by atoms with van der Waals surface area (Å²) in [5, 5.41) is 2.93. The van der Waals surface area contributed by atoms with E-state index in [0.717, 1.165) is 34.4 Å². The van der Waals surface area contributed by atoms with E-state index in [0.29, 0.717) is 0 Å². The fourth-order valence-electron chi connectivity index (χ4n) is 3.68. The third kappa shape index (κ3) is 5.80. The number of nitrogens with one attached hydrogen (secondary N) is 1. The van der Waals surface area contributed by atoms with Crippen LogP contribution in [0.15, 0.2) is 71.6 Å². The zero-order chi connectivity index (χ0) is 24.0. The van der Waals surface area contributed by atoms with Gasteiger partial charge in [0.2, 0.25) is 15.9 Å². The number of para-hydroxylation sites is 1. The molecule has 0 radical (unpaired) electrons. The van der Waals surface area contributed by atoms with Crippen LogP contribution in [0, 0.1) is 13.8 Å². The van der Waals surface area contributed by atoms with Gasteiger partial charge in [0.25, 0.3) is 0 Å². The number of benzene rings is 3. The summed E-state index contributed by atoms with van der Waals surface area (Å²) >= 11 is 0. The summed E-state index contributed by atoms with van der Waals surface area (Å²) < 4.78 is 33.9. The van der Waals surface area contributed by atoms with Crippen molar-refractivity contribution in [2.24, 2.45) is 0 Å². The highest BCUT2D eigenvalue weighted by Gasteiger charge is 2.30. The molecule has 1 amide bonds. The van der Waals surface area contributed by atoms with Crippen LogP contribution in [0.25, 0.3) is 0 Å². The number of aryl methyl sites for hydroxylation is 3. The van der Waals surface area contributed by atoms with Gasteiger partial charge in [0, 0.05) is 12.2 Å². The SMILES string of the molecule is CCc1cccc(C)c1NC(=O)CN(Cc1ccccc1)S(=O)(=O)c1cc(C)ccc1OC. The Labute approximate surface area is 196 Å². The van der Waals surface area contributed by atoms with Crippen LogP contribution in [-0.4, -0.2) is 32.3 Å². The summed E-state index contributed by atoms with van der Waals surface area (Å²) in [6, 6.07) is 20.0. The van der Waals surface area contributed by atoms with Crippen molar-refractivity contribution in [2.45, 2.75) is 38.6 Å². The van der Waals surface area contributed by atoms with Gasteiger partial charge < -0.3 is 10.1 Å². The van der Waals surface area contributed by atoms with Gasteiger partial charge in [-0.15, -0.1) is 0 Å². The zero-order valence-electron chi connectivity index (χ0n) is 19.5. The molecule has 6 nitrogen and oxygen atoms in total. The lowest BCUT2D eigenvalue weighted by Gasteiger charge is -2.24. The van der Waals surface area contributed by atoms with Crippen LogP contribution in [0.4, 0.5) is 5.69 Å². The van der Waals surface area contributed by atoms with Crippen LogP contribution in [0.2, 0.25) is 0 Å². The number of carbonyl (C=O) groups is 1. The Morgan fingerprint density at radius 2 is 1.73 bits per heavy atom. The van der Waals surface area contributed by atoms with Gasteiger partial charge in [-0.05, 0) is 54.7 Å². The van der Waals surface area contributed by atoms with E-state index in [1.807, 2.05) is 69.3 Å². The lowest BCUT2D eigenvalue weighted by atomic mass is 10.1. The molecule has 7 heteroatoms. The maximum Gasteiger partial charge on any atom is 0.247 e. The molecule has 0 aliphatic heterocycles. The Kier molecular flexibility index (Phi) is 7.89. The number of rotatable bonds is 9. The van der Waals surface area contributed by atoms with Crippen molar-refractivity contribution >= 4 is 21.6 Å². The van der Waals surface area contributed by atoms with E-state index in [4.69, 9.17) is 4.74 Å². The van der Waals surface area contributed by atoms with Gasteiger partial charge in [-0.2, -0.15) is 4.31 Å². The first kappa shape index (κ1) is 24.5. The van der Waals surface area contributed by atoms with Crippen molar-refractivity contribution in [2.75, 3.05) is 19.0 Å². The van der Waals surface area contributed by atoms with Crippen molar-refractivity contribution in [1.29, 1.82) is 0 Å².